The third-order valence-electron chi connectivity index (χ3n) is 3.13. The number of benzene rings is 1. The summed E-state index contributed by atoms with van der Waals surface area (Å²) in [5.74, 6) is 3.20. The van der Waals surface area contributed by atoms with Gasteiger partial charge >= 0.3 is 0 Å². The van der Waals surface area contributed by atoms with Gasteiger partial charge in [0.05, 0.1) is 10.7 Å². The summed E-state index contributed by atoms with van der Waals surface area (Å²) in [6, 6.07) is 6.87. The Morgan fingerprint density at radius 3 is 3.29 bits per heavy atom. The van der Waals surface area contributed by atoms with Gasteiger partial charge in [0.15, 0.2) is 0 Å². The zero-order valence-corrected chi connectivity index (χ0v) is 9.37. The van der Waals surface area contributed by atoms with Gasteiger partial charge in [0, 0.05) is 17.7 Å². The van der Waals surface area contributed by atoms with Crippen molar-refractivity contribution < 1.29 is 0 Å². The van der Waals surface area contributed by atoms with Crippen LogP contribution >= 0.6 is 23.4 Å². The second-order valence-electron chi connectivity index (χ2n) is 3.92. The molecule has 2 unspecified atom stereocenters. The molecule has 2 atom stereocenters. The first-order valence-corrected chi connectivity index (χ1v) is 6.52. The quantitative estimate of drug-likeness (QED) is 0.727. The Morgan fingerprint density at radius 1 is 1.43 bits per heavy atom. The van der Waals surface area contributed by atoms with E-state index in [4.69, 9.17) is 11.6 Å². The molecule has 0 spiro atoms. The number of anilines is 1. The largest absolute Gasteiger partial charge is 0.380 e. The molecule has 3 rings (SSSR count). The molecular weight excluding hydrogens is 214 g/mol. The van der Waals surface area contributed by atoms with Gasteiger partial charge in [0.2, 0.25) is 0 Å². The highest BCUT2D eigenvalue weighted by atomic mass is 35.5. The summed E-state index contributed by atoms with van der Waals surface area (Å²) in [5.41, 5.74) is 2.61. The minimum atomic E-state index is 0.631. The number of fused-ring (bicyclic) bond motifs is 3. The molecule has 1 saturated heterocycles. The van der Waals surface area contributed by atoms with E-state index in [1.54, 1.807) is 0 Å². The maximum atomic E-state index is 6.17. The Morgan fingerprint density at radius 2 is 2.36 bits per heavy atom. The van der Waals surface area contributed by atoms with Crippen molar-refractivity contribution in [2.75, 3.05) is 16.8 Å². The first-order chi connectivity index (χ1) is 6.86. The number of para-hydroxylation sites is 1. The van der Waals surface area contributed by atoms with Gasteiger partial charge in [0.25, 0.3) is 0 Å². The van der Waals surface area contributed by atoms with Crippen LogP contribution in [0.1, 0.15) is 17.9 Å². The zero-order valence-electron chi connectivity index (χ0n) is 7.79. The van der Waals surface area contributed by atoms with E-state index in [0.717, 1.165) is 5.02 Å². The number of hydrogen-bond donors (Lipinski definition) is 1. The van der Waals surface area contributed by atoms with E-state index in [0.29, 0.717) is 12.0 Å². The fourth-order valence-electron chi connectivity index (χ4n) is 2.40. The van der Waals surface area contributed by atoms with Crippen molar-refractivity contribution in [3.63, 3.8) is 0 Å². The zero-order chi connectivity index (χ0) is 9.54. The second-order valence-corrected chi connectivity index (χ2v) is 5.48. The van der Waals surface area contributed by atoms with Gasteiger partial charge in [-0.15, -0.1) is 0 Å². The summed E-state index contributed by atoms with van der Waals surface area (Å²) in [7, 11) is 0. The van der Waals surface area contributed by atoms with Gasteiger partial charge in [0.1, 0.15) is 0 Å². The molecule has 14 heavy (non-hydrogen) atoms. The van der Waals surface area contributed by atoms with Crippen molar-refractivity contribution in [3.05, 3.63) is 28.8 Å². The predicted molar refractivity (Wildman–Crippen MR) is 63.5 cm³/mol. The fourth-order valence-corrected chi connectivity index (χ4v) is 3.89. The highest BCUT2D eigenvalue weighted by Gasteiger charge is 2.34. The SMILES string of the molecule is Clc1cccc2c1NC1CCSCC21. The van der Waals surface area contributed by atoms with Crippen LogP contribution in [0.2, 0.25) is 5.02 Å². The Kier molecular flexibility index (Phi) is 2.14. The molecule has 0 radical (unpaired) electrons. The van der Waals surface area contributed by atoms with E-state index < -0.39 is 0 Å². The second kappa shape index (κ2) is 3.35. The van der Waals surface area contributed by atoms with Gasteiger partial charge in [-0.1, -0.05) is 23.7 Å². The molecule has 3 heteroatoms. The lowest BCUT2D eigenvalue weighted by atomic mass is 9.95. The van der Waals surface area contributed by atoms with Crippen LogP contribution in [-0.4, -0.2) is 17.5 Å². The number of hydrogen-bond acceptors (Lipinski definition) is 2. The van der Waals surface area contributed by atoms with Crippen molar-refractivity contribution in [2.45, 2.75) is 18.4 Å². The molecular formula is C11H12ClNS. The molecule has 2 heterocycles. The molecule has 1 nitrogen and oxygen atoms in total. The smallest absolute Gasteiger partial charge is 0.0640 e. The van der Waals surface area contributed by atoms with E-state index in [2.05, 4.69) is 29.2 Å². The normalized spacial score (nSPS) is 29.2. The Hall–Kier alpha value is -0.340. The molecule has 1 fully saturated rings. The average molecular weight is 226 g/mol. The number of thioether (sulfide) groups is 1. The van der Waals surface area contributed by atoms with E-state index in [1.165, 1.54) is 29.2 Å². The molecule has 0 bridgehead atoms. The van der Waals surface area contributed by atoms with Gasteiger partial charge in [-0.2, -0.15) is 11.8 Å². The summed E-state index contributed by atoms with van der Waals surface area (Å²) in [6.45, 7) is 0. The van der Waals surface area contributed by atoms with Crippen molar-refractivity contribution in [2.24, 2.45) is 0 Å². The van der Waals surface area contributed by atoms with E-state index in [9.17, 15) is 0 Å². The van der Waals surface area contributed by atoms with Crippen LogP contribution in [0.15, 0.2) is 18.2 Å². The average Bonchev–Trinajstić information content (AvgIpc) is 2.59. The molecule has 1 aromatic rings. The van der Waals surface area contributed by atoms with Crippen molar-refractivity contribution in [1.82, 2.24) is 0 Å². The van der Waals surface area contributed by atoms with Gasteiger partial charge in [-0.25, -0.2) is 0 Å². The van der Waals surface area contributed by atoms with Crippen molar-refractivity contribution >= 4 is 29.1 Å². The van der Waals surface area contributed by atoms with Crippen LogP contribution in [0.4, 0.5) is 5.69 Å². The number of rotatable bonds is 0. The third-order valence-corrected chi connectivity index (χ3v) is 4.57. The minimum Gasteiger partial charge on any atom is -0.380 e. The summed E-state index contributed by atoms with van der Waals surface area (Å²) < 4.78 is 0. The van der Waals surface area contributed by atoms with E-state index in [-0.39, 0.29) is 0 Å². The first kappa shape index (κ1) is 8.93. The lowest BCUT2D eigenvalue weighted by molar-refractivity contribution is 0.614. The Balaban J connectivity index is 2.05. The van der Waals surface area contributed by atoms with Crippen LogP contribution in [0, 0.1) is 0 Å². The van der Waals surface area contributed by atoms with Gasteiger partial charge in [-0.05, 0) is 23.8 Å². The summed E-state index contributed by atoms with van der Waals surface area (Å²) >= 11 is 8.22. The fraction of sp³-hybridized carbons (Fsp3) is 0.455. The highest BCUT2D eigenvalue weighted by molar-refractivity contribution is 7.99. The summed E-state index contributed by atoms with van der Waals surface area (Å²) in [4.78, 5) is 0. The first-order valence-electron chi connectivity index (χ1n) is 4.99. The molecule has 2 aliphatic heterocycles. The molecule has 0 aliphatic carbocycles. The molecule has 1 aromatic carbocycles. The van der Waals surface area contributed by atoms with Crippen molar-refractivity contribution in [1.29, 1.82) is 0 Å². The van der Waals surface area contributed by atoms with Crippen LogP contribution < -0.4 is 5.32 Å². The van der Waals surface area contributed by atoms with Crippen LogP contribution in [0.25, 0.3) is 0 Å². The lowest BCUT2D eigenvalue weighted by Gasteiger charge is -2.24. The lowest BCUT2D eigenvalue weighted by Crippen LogP contribution is -2.26. The molecule has 0 saturated carbocycles. The third kappa shape index (κ3) is 1.24. The summed E-state index contributed by atoms with van der Waals surface area (Å²) in [6.07, 6.45) is 1.26. The van der Waals surface area contributed by atoms with Gasteiger partial charge < -0.3 is 5.32 Å². The van der Waals surface area contributed by atoms with Crippen molar-refractivity contribution in [3.8, 4) is 0 Å². The minimum absolute atomic E-state index is 0.631. The maximum absolute atomic E-state index is 6.17. The molecule has 1 N–H and O–H groups in total. The van der Waals surface area contributed by atoms with E-state index in [1.807, 2.05) is 6.07 Å². The molecule has 74 valence electrons. The Bertz CT molecular complexity index is 366. The maximum Gasteiger partial charge on any atom is 0.0640 e. The monoisotopic (exact) mass is 225 g/mol. The van der Waals surface area contributed by atoms with Crippen LogP contribution in [-0.2, 0) is 0 Å². The number of nitrogens with one attached hydrogen (secondary N) is 1. The topological polar surface area (TPSA) is 12.0 Å². The van der Waals surface area contributed by atoms with E-state index >= 15 is 0 Å². The number of halogens is 1. The van der Waals surface area contributed by atoms with Crippen LogP contribution in [0.5, 0.6) is 0 Å². The predicted octanol–water partition coefficient (Wildman–Crippen LogP) is 3.35. The summed E-state index contributed by atoms with van der Waals surface area (Å²) in [5, 5.41) is 4.44. The standard InChI is InChI=1S/C11H12ClNS/c12-9-3-1-2-7-8-6-14-5-4-10(8)13-11(7)9/h1-3,8,10,13H,4-6H2. The van der Waals surface area contributed by atoms with Gasteiger partial charge in [-0.3, -0.25) is 0 Å². The molecule has 0 aromatic heterocycles. The molecule has 2 aliphatic rings. The highest BCUT2D eigenvalue weighted by Crippen LogP contribution is 2.45. The van der Waals surface area contributed by atoms with Crippen LogP contribution in [0.3, 0.4) is 0 Å². The Labute approximate surface area is 93.2 Å². The molecule has 0 amide bonds.